The maximum Gasteiger partial charge on any atom is 0.173 e. The second-order valence-corrected chi connectivity index (χ2v) is 5.20. The monoisotopic (exact) mass is 256 g/mol. The molecule has 94 valence electrons. The lowest BCUT2D eigenvalue weighted by Crippen LogP contribution is -2.15. The van der Waals surface area contributed by atoms with Gasteiger partial charge in [-0.25, -0.2) is 4.39 Å². The van der Waals surface area contributed by atoms with Crippen molar-refractivity contribution in [3.05, 3.63) is 35.1 Å². The number of hydrogen-bond donors (Lipinski definition) is 2. The number of nitrogens with two attached hydrogens (primary N) is 1. The number of rotatable bonds is 5. The largest absolute Gasteiger partial charge is 0.409 e. The highest BCUT2D eigenvalue weighted by molar-refractivity contribution is 7.98. The zero-order valence-corrected chi connectivity index (χ0v) is 10.8. The van der Waals surface area contributed by atoms with E-state index in [-0.39, 0.29) is 11.4 Å². The molecule has 0 saturated heterocycles. The summed E-state index contributed by atoms with van der Waals surface area (Å²) in [7, 11) is 0. The first-order valence-electron chi connectivity index (χ1n) is 5.39. The molecule has 0 unspecified atom stereocenters. The summed E-state index contributed by atoms with van der Waals surface area (Å²) in [5.74, 6) is 1.55. The quantitative estimate of drug-likeness (QED) is 0.368. The molecule has 0 aliphatic carbocycles. The van der Waals surface area contributed by atoms with Crippen LogP contribution in [0.15, 0.2) is 23.4 Å². The van der Waals surface area contributed by atoms with E-state index in [0.717, 1.165) is 5.75 Å². The van der Waals surface area contributed by atoms with Gasteiger partial charge in [0.2, 0.25) is 0 Å². The lowest BCUT2D eigenvalue weighted by Gasteiger charge is -2.08. The van der Waals surface area contributed by atoms with E-state index in [4.69, 9.17) is 10.9 Å². The van der Waals surface area contributed by atoms with E-state index >= 15 is 0 Å². The highest BCUT2D eigenvalue weighted by Crippen LogP contribution is 2.20. The molecule has 17 heavy (non-hydrogen) atoms. The van der Waals surface area contributed by atoms with Crippen molar-refractivity contribution in [1.29, 1.82) is 0 Å². The van der Waals surface area contributed by atoms with Gasteiger partial charge >= 0.3 is 0 Å². The summed E-state index contributed by atoms with van der Waals surface area (Å²) in [5, 5.41) is 11.4. The minimum atomic E-state index is -0.404. The normalized spacial score (nSPS) is 12.1. The van der Waals surface area contributed by atoms with Crippen LogP contribution >= 0.6 is 11.8 Å². The molecule has 0 saturated carbocycles. The van der Waals surface area contributed by atoms with Crippen molar-refractivity contribution in [2.45, 2.75) is 19.6 Å². The third-order valence-electron chi connectivity index (χ3n) is 2.17. The van der Waals surface area contributed by atoms with Crippen LogP contribution < -0.4 is 5.73 Å². The maximum atomic E-state index is 13.9. The van der Waals surface area contributed by atoms with E-state index in [9.17, 15) is 4.39 Å². The number of benzene rings is 1. The average molecular weight is 256 g/mol. The van der Waals surface area contributed by atoms with E-state index in [2.05, 4.69) is 19.0 Å². The molecule has 0 spiro atoms. The van der Waals surface area contributed by atoms with Crippen molar-refractivity contribution in [3.63, 3.8) is 0 Å². The molecule has 3 N–H and O–H groups in total. The molecule has 0 heterocycles. The standard InChI is InChI=1S/C12H17FN2OS/c1-8(2)6-17-7-9-4-3-5-10(11(9)13)12(14)15-16/h3-5,8,16H,6-7H2,1-2H3,(H2,14,15). The van der Waals surface area contributed by atoms with E-state index < -0.39 is 5.82 Å². The molecule has 0 aromatic heterocycles. The smallest absolute Gasteiger partial charge is 0.173 e. The van der Waals surface area contributed by atoms with Gasteiger partial charge in [0.1, 0.15) is 5.82 Å². The number of nitrogens with zero attached hydrogens (tertiary/aromatic N) is 1. The lowest BCUT2D eigenvalue weighted by atomic mass is 10.1. The van der Waals surface area contributed by atoms with E-state index in [1.165, 1.54) is 6.07 Å². The molecule has 0 atom stereocenters. The minimum absolute atomic E-state index is 0.148. The Morgan fingerprint density at radius 1 is 1.53 bits per heavy atom. The summed E-state index contributed by atoms with van der Waals surface area (Å²) in [6.45, 7) is 4.24. The van der Waals surface area contributed by atoms with Gasteiger partial charge in [0.15, 0.2) is 5.84 Å². The molecule has 0 amide bonds. The predicted molar refractivity (Wildman–Crippen MR) is 69.9 cm³/mol. The molecular formula is C12H17FN2OS. The Bertz CT molecular complexity index is 407. The van der Waals surface area contributed by atoms with Crippen LogP contribution in [-0.4, -0.2) is 16.8 Å². The minimum Gasteiger partial charge on any atom is -0.409 e. The van der Waals surface area contributed by atoms with Crippen LogP contribution in [-0.2, 0) is 5.75 Å². The van der Waals surface area contributed by atoms with Crippen molar-refractivity contribution in [2.24, 2.45) is 16.8 Å². The van der Waals surface area contributed by atoms with Gasteiger partial charge in [0.25, 0.3) is 0 Å². The van der Waals surface area contributed by atoms with Crippen molar-refractivity contribution in [3.8, 4) is 0 Å². The van der Waals surface area contributed by atoms with Crippen LogP contribution in [0.2, 0.25) is 0 Å². The van der Waals surface area contributed by atoms with Gasteiger partial charge in [-0.15, -0.1) is 0 Å². The van der Waals surface area contributed by atoms with Crippen LogP contribution in [0, 0.1) is 11.7 Å². The molecule has 0 radical (unpaired) electrons. The predicted octanol–water partition coefficient (Wildman–Crippen LogP) is 2.81. The van der Waals surface area contributed by atoms with Crippen molar-refractivity contribution in [1.82, 2.24) is 0 Å². The van der Waals surface area contributed by atoms with Crippen LogP contribution in [0.4, 0.5) is 4.39 Å². The second kappa shape index (κ2) is 6.49. The molecule has 5 heteroatoms. The second-order valence-electron chi connectivity index (χ2n) is 4.17. The van der Waals surface area contributed by atoms with Crippen LogP contribution in [0.1, 0.15) is 25.0 Å². The molecule has 1 rings (SSSR count). The number of hydrogen-bond acceptors (Lipinski definition) is 3. The topological polar surface area (TPSA) is 58.6 Å². The molecule has 0 aliphatic heterocycles. The fourth-order valence-corrected chi connectivity index (χ4v) is 2.38. The first kappa shape index (κ1) is 13.8. The third-order valence-corrected chi connectivity index (χ3v) is 3.59. The first-order chi connectivity index (χ1) is 8.06. The number of halogens is 1. The summed E-state index contributed by atoms with van der Waals surface area (Å²) in [6, 6.07) is 4.93. The highest BCUT2D eigenvalue weighted by Gasteiger charge is 2.11. The average Bonchev–Trinajstić information content (AvgIpc) is 2.30. The Labute approximate surface area is 105 Å². The summed E-state index contributed by atoms with van der Waals surface area (Å²) < 4.78 is 13.9. The molecular weight excluding hydrogens is 239 g/mol. The Morgan fingerprint density at radius 3 is 2.82 bits per heavy atom. The van der Waals surface area contributed by atoms with Crippen molar-refractivity contribution < 1.29 is 9.60 Å². The van der Waals surface area contributed by atoms with Gasteiger partial charge in [0, 0.05) is 5.75 Å². The molecule has 3 nitrogen and oxygen atoms in total. The van der Waals surface area contributed by atoms with E-state index in [0.29, 0.717) is 17.2 Å². The van der Waals surface area contributed by atoms with E-state index in [1.807, 2.05) is 0 Å². The van der Waals surface area contributed by atoms with Gasteiger partial charge in [-0.05, 0) is 23.3 Å². The zero-order chi connectivity index (χ0) is 12.8. The number of thioether (sulfide) groups is 1. The summed E-state index contributed by atoms with van der Waals surface area (Å²) in [4.78, 5) is 0. The fraction of sp³-hybridized carbons (Fsp3) is 0.417. The van der Waals surface area contributed by atoms with Crippen LogP contribution in [0.25, 0.3) is 0 Å². The SMILES string of the molecule is CC(C)CSCc1cccc(/C(N)=N/O)c1F. The van der Waals surface area contributed by atoms with Gasteiger partial charge in [-0.2, -0.15) is 11.8 Å². The van der Waals surface area contributed by atoms with E-state index in [1.54, 1.807) is 23.9 Å². The Balaban J connectivity index is 2.80. The van der Waals surface area contributed by atoms with Gasteiger partial charge in [-0.1, -0.05) is 31.1 Å². The van der Waals surface area contributed by atoms with Crippen LogP contribution in [0.3, 0.4) is 0 Å². The van der Waals surface area contributed by atoms with Gasteiger partial charge < -0.3 is 10.9 Å². The lowest BCUT2D eigenvalue weighted by molar-refractivity contribution is 0.318. The van der Waals surface area contributed by atoms with Gasteiger partial charge in [-0.3, -0.25) is 0 Å². The Hall–Kier alpha value is -1.23. The molecule has 0 aliphatic rings. The summed E-state index contributed by atoms with van der Waals surface area (Å²) >= 11 is 1.67. The molecule has 1 aromatic carbocycles. The summed E-state index contributed by atoms with van der Waals surface area (Å²) in [6.07, 6.45) is 0. The molecule has 0 bridgehead atoms. The fourth-order valence-electron chi connectivity index (χ4n) is 1.35. The first-order valence-corrected chi connectivity index (χ1v) is 6.54. The highest BCUT2D eigenvalue weighted by atomic mass is 32.2. The Kier molecular flexibility index (Phi) is 5.28. The van der Waals surface area contributed by atoms with Crippen molar-refractivity contribution in [2.75, 3.05) is 5.75 Å². The molecule has 1 aromatic rings. The number of amidine groups is 1. The molecule has 0 fully saturated rings. The zero-order valence-electron chi connectivity index (χ0n) is 9.98. The van der Waals surface area contributed by atoms with Crippen LogP contribution in [0.5, 0.6) is 0 Å². The maximum absolute atomic E-state index is 13.9. The number of oxime groups is 1. The third kappa shape index (κ3) is 3.93. The Morgan fingerprint density at radius 2 is 2.24 bits per heavy atom. The summed E-state index contributed by atoms with van der Waals surface area (Å²) in [5.41, 5.74) is 6.13. The van der Waals surface area contributed by atoms with Crippen molar-refractivity contribution >= 4 is 17.6 Å². The van der Waals surface area contributed by atoms with Gasteiger partial charge in [0.05, 0.1) is 5.56 Å².